The number of ether oxygens (including phenoxy) is 1. The van der Waals surface area contributed by atoms with Crippen molar-refractivity contribution in [2.75, 3.05) is 6.61 Å². The van der Waals surface area contributed by atoms with Crippen molar-refractivity contribution in [3.63, 3.8) is 0 Å². The normalized spacial score (nSPS) is 23.8. The molecule has 1 aliphatic heterocycles. The van der Waals surface area contributed by atoms with Crippen molar-refractivity contribution in [1.29, 1.82) is 0 Å². The van der Waals surface area contributed by atoms with Gasteiger partial charge in [-0.15, -0.1) is 0 Å². The fourth-order valence-corrected chi connectivity index (χ4v) is 6.30. The molecule has 4 nitrogen and oxygen atoms in total. The van der Waals surface area contributed by atoms with Gasteiger partial charge in [-0.2, -0.15) is 0 Å². The summed E-state index contributed by atoms with van der Waals surface area (Å²) in [6.07, 6.45) is 4.59. The highest BCUT2D eigenvalue weighted by molar-refractivity contribution is 6.73. The predicted octanol–water partition coefficient (Wildman–Crippen LogP) is 5.87. The quantitative estimate of drug-likeness (QED) is 0.186. The van der Waals surface area contributed by atoms with E-state index in [1.54, 1.807) is 0 Å². The Morgan fingerprint density at radius 2 is 1.72 bits per heavy atom. The van der Waals surface area contributed by atoms with E-state index in [0.717, 1.165) is 43.8 Å². The van der Waals surface area contributed by atoms with Crippen LogP contribution in [0, 0.1) is 11.3 Å². The zero-order valence-corrected chi connectivity index (χ0v) is 18.6. The summed E-state index contributed by atoms with van der Waals surface area (Å²) >= 11 is 0. The van der Waals surface area contributed by atoms with Gasteiger partial charge in [-0.3, -0.25) is 9.37 Å². The van der Waals surface area contributed by atoms with Crippen LogP contribution < -0.4 is 0 Å². The molecule has 1 heterocycles. The number of esters is 1. The predicted molar refractivity (Wildman–Crippen MR) is 105 cm³/mol. The zero-order valence-electron chi connectivity index (χ0n) is 17.6. The SMILES string of the molecule is CCC(CC)CC(C)(CC1(C)CCOC1=O)OO[Si](CC)(CC)CC. The third-order valence-corrected chi connectivity index (χ3v) is 10.7. The average molecular weight is 373 g/mol. The van der Waals surface area contributed by atoms with Crippen LogP contribution in [0.2, 0.25) is 18.1 Å². The summed E-state index contributed by atoms with van der Waals surface area (Å²) in [6.45, 7) is 15.7. The minimum absolute atomic E-state index is 0.0862. The molecule has 1 rings (SSSR count). The van der Waals surface area contributed by atoms with Crippen LogP contribution >= 0.6 is 0 Å². The maximum atomic E-state index is 12.3. The Hall–Kier alpha value is -0.393. The van der Waals surface area contributed by atoms with E-state index in [0.29, 0.717) is 18.9 Å². The lowest BCUT2D eigenvalue weighted by molar-refractivity contribution is -0.309. The fraction of sp³-hybridized carbons (Fsp3) is 0.950. The van der Waals surface area contributed by atoms with Crippen molar-refractivity contribution >= 4 is 14.3 Å². The minimum Gasteiger partial charge on any atom is -0.465 e. The third-order valence-electron chi connectivity index (χ3n) is 6.37. The standard InChI is InChI=1S/C20H40O4Si/c1-8-17(9-2)15-20(7,16-19(6)13-14-22-18(19)21)23-24-25(10-3,11-4)12-5/h17H,8-16H2,1-7H3. The highest BCUT2D eigenvalue weighted by Crippen LogP contribution is 2.42. The van der Waals surface area contributed by atoms with Gasteiger partial charge in [0.1, 0.15) is 5.60 Å². The molecule has 1 aliphatic rings. The van der Waals surface area contributed by atoms with Gasteiger partial charge >= 0.3 is 5.97 Å². The molecular weight excluding hydrogens is 332 g/mol. The molecule has 0 aromatic heterocycles. The van der Waals surface area contributed by atoms with Crippen LogP contribution in [0.15, 0.2) is 0 Å². The van der Waals surface area contributed by atoms with Gasteiger partial charge in [0, 0.05) is 0 Å². The smallest absolute Gasteiger partial charge is 0.312 e. The van der Waals surface area contributed by atoms with E-state index in [4.69, 9.17) is 14.2 Å². The molecule has 0 aromatic rings. The van der Waals surface area contributed by atoms with E-state index in [2.05, 4.69) is 41.5 Å². The lowest BCUT2D eigenvalue weighted by Gasteiger charge is -2.39. The maximum Gasteiger partial charge on any atom is 0.312 e. The van der Waals surface area contributed by atoms with Crippen LogP contribution in [0.3, 0.4) is 0 Å². The first-order chi connectivity index (χ1) is 11.7. The molecule has 0 spiro atoms. The van der Waals surface area contributed by atoms with Crippen molar-refractivity contribution in [2.45, 2.75) is 104 Å². The zero-order chi connectivity index (χ0) is 19.1. The van der Waals surface area contributed by atoms with Crippen molar-refractivity contribution < 1.29 is 19.0 Å². The summed E-state index contributed by atoms with van der Waals surface area (Å²) in [4.78, 5) is 18.5. The van der Waals surface area contributed by atoms with Crippen molar-refractivity contribution in [3.05, 3.63) is 0 Å². The molecule has 0 amide bonds. The minimum atomic E-state index is -1.83. The van der Waals surface area contributed by atoms with Gasteiger partial charge in [-0.25, -0.2) is 4.89 Å². The Labute approximate surface area is 156 Å². The van der Waals surface area contributed by atoms with Gasteiger partial charge < -0.3 is 4.74 Å². The largest absolute Gasteiger partial charge is 0.465 e. The monoisotopic (exact) mass is 372 g/mol. The number of hydrogen-bond donors (Lipinski definition) is 0. The molecule has 25 heavy (non-hydrogen) atoms. The molecule has 0 saturated carbocycles. The van der Waals surface area contributed by atoms with E-state index < -0.39 is 19.3 Å². The Morgan fingerprint density at radius 3 is 2.12 bits per heavy atom. The third kappa shape index (κ3) is 5.80. The Kier molecular flexibility index (Phi) is 8.62. The average Bonchev–Trinajstić information content (AvgIpc) is 2.93. The van der Waals surface area contributed by atoms with Crippen molar-refractivity contribution in [1.82, 2.24) is 0 Å². The summed E-state index contributed by atoms with van der Waals surface area (Å²) in [5.74, 6) is 0.493. The maximum absolute atomic E-state index is 12.3. The highest BCUT2D eigenvalue weighted by Gasteiger charge is 2.47. The van der Waals surface area contributed by atoms with E-state index in [1.807, 2.05) is 6.92 Å². The topological polar surface area (TPSA) is 44.8 Å². The van der Waals surface area contributed by atoms with E-state index in [9.17, 15) is 4.79 Å². The van der Waals surface area contributed by atoms with Crippen molar-refractivity contribution in [2.24, 2.45) is 11.3 Å². The van der Waals surface area contributed by atoms with E-state index in [-0.39, 0.29) is 5.97 Å². The molecule has 0 N–H and O–H groups in total. The van der Waals surface area contributed by atoms with Gasteiger partial charge in [0.05, 0.1) is 12.0 Å². The second-order valence-electron chi connectivity index (χ2n) is 8.37. The number of rotatable bonds is 12. The number of cyclic esters (lactones) is 1. The van der Waals surface area contributed by atoms with Gasteiger partial charge in [-0.05, 0) is 57.2 Å². The Balaban J connectivity index is 2.96. The molecule has 0 aromatic carbocycles. The number of hydrogen-bond acceptors (Lipinski definition) is 4. The summed E-state index contributed by atoms with van der Waals surface area (Å²) in [5.41, 5.74) is -0.911. The second kappa shape index (κ2) is 9.52. The van der Waals surface area contributed by atoms with Crippen LogP contribution in [0.5, 0.6) is 0 Å². The molecular formula is C20H40O4Si. The molecule has 0 aliphatic carbocycles. The highest BCUT2D eigenvalue weighted by atomic mass is 28.4. The molecule has 2 unspecified atom stereocenters. The Bertz CT molecular complexity index is 412. The molecule has 1 saturated heterocycles. The first-order valence-electron chi connectivity index (χ1n) is 10.3. The molecule has 0 radical (unpaired) electrons. The molecule has 5 heteroatoms. The van der Waals surface area contributed by atoms with Crippen LogP contribution in [-0.2, 0) is 19.0 Å². The molecule has 2 atom stereocenters. The van der Waals surface area contributed by atoms with Gasteiger partial charge in [-0.1, -0.05) is 47.5 Å². The first kappa shape index (κ1) is 22.6. The van der Waals surface area contributed by atoms with E-state index >= 15 is 0 Å². The lowest BCUT2D eigenvalue weighted by Crippen LogP contribution is -2.44. The Morgan fingerprint density at radius 1 is 1.16 bits per heavy atom. The van der Waals surface area contributed by atoms with Crippen LogP contribution in [0.25, 0.3) is 0 Å². The second-order valence-corrected chi connectivity index (χ2v) is 13.0. The summed E-state index contributed by atoms with van der Waals surface area (Å²) in [6, 6.07) is 3.17. The van der Waals surface area contributed by atoms with E-state index in [1.165, 1.54) is 0 Å². The van der Waals surface area contributed by atoms with Gasteiger partial charge in [0.25, 0.3) is 0 Å². The molecule has 0 bridgehead atoms. The van der Waals surface area contributed by atoms with Crippen LogP contribution in [0.4, 0.5) is 0 Å². The lowest BCUT2D eigenvalue weighted by atomic mass is 9.74. The van der Waals surface area contributed by atoms with Crippen molar-refractivity contribution in [3.8, 4) is 0 Å². The van der Waals surface area contributed by atoms with Gasteiger partial charge in [0.15, 0.2) is 0 Å². The van der Waals surface area contributed by atoms with Crippen LogP contribution in [-0.4, -0.2) is 26.5 Å². The number of carbonyl (C=O) groups excluding carboxylic acids is 1. The summed E-state index contributed by atoms with van der Waals surface area (Å²) in [5, 5.41) is 0. The van der Waals surface area contributed by atoms with Gasteiger partial charge in [0.2, 0.25) is 8.32 Å². The number of carbonyl (C=O) groups is 1. The first-order valence-corrected chi connectivity index (χ1v) is 12.8. The van der Waals surface area contributed by atoms with Crippen LogP contribution in [0.1, 0.15) is 80.6 Å². The molecule has 1 fully saturated rings. The summed E-state index contributed by atoms with van der Waals surface area (Å²) in [7, 11) is -1.83. The molecule has 148 valence electrons. The fourth-order valence-electron chi connectivity index (χ4n) is 4.07. The summed E-state index contributed by atoms with van der Waals surface area (Å²) < 4.78 is 11.5.